The molecule has 0 aliphatic carbocycles. The molecule has 19 heavy (non-hydrogen) atoms. The number of rotatable bonds is 3. The molecule has 1 fully saturated rings. The fourth-order valence-electron chi connectivity index (χ4n) is 1.79. The van der Waals surface area contributed by atoms with Gasteiger partial charge in [0.1, 0.15) is 11.3 Å². The van der Waals surface area contributed by atoms with E-state index in [2.05, 4.69) is 18.3 Å². The monoisotopic (exact) mass is 281 g/mol. The molecule has 6 heteroatoms. The summed E-state index contributed by atoms with van der Waals surface area (Å²) in [5, 5.41) is 0.269. The van der Waals surface area contributed by atoms with Gasteiger partial charge >= 0.3 is 7.12 Å². The minimum atomic E-state index is -0.588. The van der Waals surface area contributed by atoms with Crippen molar-refractivity contribution in [2.24, 2.45) is 4.99 Å². The standard InChI is InChI=1S/C13H17BClNO3/c1-8(15)11-9(16-6)7-10(17-11)14-18-12(2,3)13(4,5)19-14/h7H,1,6H2,2-5H3. The molecule has 0 saturated carbocycles. The molecule has 4 nitrogen and oxygen atoms in total. The van der Waals surface area contributed by atoms with Crippen molar-refractivity contribution in [3.8, 4) is 0 Å². The van der Waals surface area contributed by atoms with E-state index in [1.54, 1.807) is 6.07 Å². The van der Waals surface area contributed by atoms with Gasteiger partial charge in [0.25, 0.3) is 0 Å². The molecule has 0 aromatic carbocycles. The minimum Gasteiger partial charge on any atom is -0.461 e. The van der Waals surface area contributed by atoms with E-state index in [4.69, 9.17) is 25.3 Å². The fraction of sp³-hybridized carbons (Fsp3) is 0.462. The number of furan rings is 1. The van der Waals surface area contributed by atoms with Crippen molar-refractivity contribution in [2.45, 2.75) is 38.9 Å². The SMILES string of the molecule is C=Nc1cc(B2OC(C)(C)C(C)(C)O2)oc1C(=C)Cl. The second kappa shape index (κ2) is 4.51. The molecule has 0 atom stereocenters. The second-order valence-corrected chi connectivity index (χ2v) is 5.97. The number of nitrogens with zero attached hydrogens (tertiary/aromatic N) is 1. The summed E-state index contributed by atoms with van der Waals surface area (Å²) in [4.78, 5) is 3.86. The van der Waals surface area contributed by atoms with Crippen molar-refractivity contribution in [1.29, 1.82) is 0 Å². The summed E-state index contributed by atoms with van der Waals surface area (Å²) in [6.07, 6.45) is 0. The maximum atomic E-state index is 5.89. The van der Waals surface area contributed by atoms with Crippen LogP contribution in [0.3, 0.4) is 0 Å². The largest absolute Gasteiger partial charge is 0.532 e. The molecule has 0 N–H and O–H groups in total. The summed E-state index contributed by atoms with van der Waals surface area (Å²) < 4.78 is 17.4. The summed E-state index contributed by atoms with van der Waals surface area (Å²) >= 11 is 5.86. The lowest BCUT2D eigenvalue weighted by atomic mass is 9.86. The first-order chi connectivity index (χ1) is 8.68. The Morgan fingerprint density at radius 2 is 1.79 bits per heavy atom. The Bertz CT molecular complexity index is 520. The van der Waals surface area contributed by atoms with Gasteiger partial charge in [0.05, 0.1) is 16.2 Å². The fourth-order valence-corrected chi connectivity index (χ4v) is 1.92. The first-order valence-corrected chi connectivity index (χ1v) is 6.36. The van der Waals surface area contributed by atoms with Gasteiger partial charge in [-0.1, -0.05) is 18.2 Å². The maximum absolute atomic E-state index is 5.89. The number of aliphatic imine (C=N–C) groups is 1. The van der Waals surface area contributed by atoms with E-state index in [0.29, 0.717) is 17.1 Å². The summed E-state index contributed by atoms with van der Waals surface area (Å²) in [5.74, 6) is 0.390. The molecule has 1 aromatic heterocycles. The highest BCUT2D eigenvalue weighted by atomic mass is 35.5. The normalized spacial score (nSPS) is 20.6. The molecule has 1 aromatic rings. The summed E-state index contributed by atoms with van der Waals surface area (Å²) in [6, 6.07) is 1.71. The zero-order valence-electron chi connectivity index (χ0n) is 11.6. The van der Waals surface area contributed by atoms with Crippen LogP contribution >= 0.6 is 11.6 Å². The Hall–Kier alpha value is -1.04. The van der Waals surface area contributed by atoms with Crippen LogP contribution in [0.4, 0.5) is 5.69 Å². The van der Waals surface area contributed by atoms with Crippen molar-refractivity contribution in [3.05, 3.63) is 18.4 Å². The van der Waals surface area contributed by atoms with Crippen molar-refractivity contribution < 1.29 is 13.7 Å². The summed E-state index contributed by atoms with van der Waals surface area (Å²) in [6.45, 7) is 15.0. The predicted octanol–water partition coefficient (Wildman–Crippen LogP) is 3.12. The molecule has 0 amide bonds. The van der Waals surface area contributed by atoms with Crippen LogP contribution in [-0.4, -0.2) is 25.0 Å². The van der Waals surface area contributed by atoms with Crippen LogP contribution in [0, 0.1) is 0 Å². The number of hydrogen-bond donors (Lipinski definition) is 0. The van der Waals surface area contributed by atoms with Crippen LogP contribution in [0.1, 0.15) is 33.5 Å². The van der Waals surface area contributed by atoms with Gasteiger partial charge < -0.3 is 13.7 Å². The zero-order chi connectivity index (χ0) is 14.4. The third kappa shape index (κ3) is 2.38. The lowest BCUT2D eigenvalue weighted by molar-refractivity contribution is 0.00578. The van der Waals surface area contributed by atoms with Gasteiger partial charge in [-0.3, -0.25) is 4.99 Å². The van der Waals surface area contributed by atoms with Gasteiger partial charge in [0.15, 0.2) is 5.76 Å². The summed E-state index contributed by atoms with van der Waals surface area (Å²) in [7, 11) is -0.588. The average Bonchev–Trinajstić information content (AvgIpc) is 2.78. The van der Waals surface area contributed by atoms with Gasteiger partial charge in [-0.05, 0) is 34.4 Å². The molecule has 2 rings (SSSR count). The van der Waals surface area contributed by atoms with E-state index in [0.717, 1.165) is 0 Å². The third-order valence-corrected chi connectivity index (χ3v) is 3.81. The van der Waals surface area contributed by atoms with Gasteiger partial charge in [-0.15, -0.1) is 0 Å². The van der Waals surface area contributed by atoms with Gasteiger partial charge in [0.2, 0.25) is 0 Å². The van der Waals surface area contributed by atoms with Crippen molar-refractivity contribution in [3.63, 3.8) is 0 Å². The Morgan fingerprint density at radius 1 is 1.26 bits per heavy atom. The zero-order valence-corrected chi connectivity index (χ0v) is 12.4. The number of halogens is 1. The molecular weight excluding hydrogens is 264 g/mol. The lowest BCUT2D eigenvalue weighted by Gasteiger charge is -2.32. The van der Waals surface area contributed by atoms with Crippen LogP contribution in [0.25, 0.3) is 5.03 Å². The topological polar surface area (TPSA) is 44.0 Å². The molecule has 0 radical (unpaired) electrons. The average molecular weight is 282 g/mol. The van der Waals surface area contributed by atoms with Crippen LogP contribution in [0.15, 0.2) is 22.1 Å². The van der Waals surface area contributed by atoms with E-state index < -0.39 is 18.3 Å². The molecule has 0 bridgehead atoms. The number of hydrogen-bond acceptors (Lipinski definition) is 4. The van der Waals surface area contributed by atoms with E-state index in [-0.39, 0.29) is 5.03 Å². The molecule has 102 valence electrons. The van der Waals surface area contributed by atoms with Crippen LogP contribution in [-0.2, 0) is 9.31 Å². The molecule has 0 unspecified atom stereocenters. The highest BCUT2D eigenvalue weighted by Crippen LogP contribution is 2.37. The van der Waals surface area contributed by atoms with Gasteiger partial charge in [-0.2, -0.15) is 0 Å². The van der Waals surface area contributed by atoms with Crippen molar-refractivity contribution in [1.82, 2.24) is 0 Å². The third-order valence-electron chi connectivity index (χ3n) is 3.63. The van der Waals surface area contributed by atoms with Crippen LogP contribution in [0.5, 0.6) is 0 Å². The van der Waals surface area contributed by atoms with Crippen LogP contribution in [0.2, 0.25) is 0 Å². The van der Waals surface area contributed by atoms with E-state index in [9.17, 15) is 0 Å². The minimum absolute atomic E-state index is 0.269. The Balaban J connectivity index is 2.35. The van der Waals surface area contributed by atoms with Crippen LogP contribution < -0.4 is 5.66 Å². The molecule has 1 saturated heterocycles. The van der Waals surface area contributed by atoms with E-state index in [1.807, 2.05) is 27.7 Å². The highest BCUT2D eigenvalue weighted by molar-refractivity contribution is 6.61. The molecule has 0 spiro atoms. The lowest BCUT2D eigenvalue weighted by Crippen LogP contribution is -2.41. The second-order valence-electron chi connectivity index (χ2n) is 5.51. The van der Waals surface area contributed by atoms with Crippen molar-refractivity contribution in [2.75, 3.05) is 0 Å². The van der Waals surface area contributed by atoms with Gasteiger partial charge in [-0.25, -0.2) is 0 Å². The van der Waals surface area contributed by atoms with E-state index in [1.165, 1.54) is 0 Å². The molecular formula is C13H17BClNO3. The highest BCUT2D eigenvalue weighted by Gasteiger charge is 2.53. The Morgan fingerprint density at radius 3 is 2.16 bits per heavy atom. The smallest absolute Gasteiger partial charge is 0.461 e. The van der Waals surface area contributed by atoms with Crippen molar-refractivity contribution >= 4 is 41.8 Å². The Labute approximate surface area is 118 Å². The molecule has 1 aliphatic rings. The first kappa shape index (κ1) is 14.4. The Kier molecular flexibility index (Phi) is 3.41. The van der Waals surface area contributed by atoms with E-state index >= 15 is 0 Å². The molecule has 2 heterocycles. The molecule has 1 aliphatic heterocycles. The first-order valence-electron chi connectivity index (χ1n) is 5.99. The quantitative estimate of drug-likeness (QED) is 0.631. The summed E-state index contributed by atoms with van der Waals surface area (Å²) in [5.41, 5.74) is 0.192. The maximum Gasteiger partial charge on any atom is 0.532 e. The van der Waals surface area contributed by atoms with Gasteiger partial charge in [0, 0.05) is 6.07 Å². The predicted molar refractivity (Wildman–Crippen MR) is 78.5 cm³/mol.